The van der Waals surface area contributed by atoms with Crippen molar-refractivity contribution in [3.05, 3.63) is 65.2 Å². The van der Waals surface area contributed by atoms with E-state index in [0.29, 0.717) is 53.9 Å². The summed E-state index contributed by atoms with van der Waals surface area (Å²) in [5.41, 5.74) is 2.72. The van der Waals surface area contributed by atoms with Gasteiger partial charge in [-0.15, -0.1) is 11.3 Å². The molecule has 0 spiro atoms. The minimum absolute atomic E-state index is 0.105. The van der Waals surface area contributed by atoms with Crippen LogP contribution in [0.3, 0.4) is 0 Å². The van der Waals surface area contributed by atoms with Crippen LogP contribution in [0, 0.1) is 6.92 Å². The SMILES string of the molecule is COc1ccc(C(=O)Nc2sc(-c3ccccc3)c(C)c2C(=O)N2CCOCC2)c(OC)c1. The number of nitrogens with zero attached hydrogens (tertiary/aromatic N) is 1. The highest BCUT2D eigenvalue weighted by Gasteiger charge is 2.28. The third-order valence-electron chi connectivity index (χ3n) is 5.58. The van der Waals surface area contributed by atoms with Crippen LogP contribution in [0.1, 0.15) is 26.3 Å². The summed E-state index contributed by atoms with van der Waals surface area (Å²) in [5, 5.41) is 3.49. The van der Waals surface area contributed by atoms with Gasteiger partial charge in [-0.2, -0.15) is 0 Å². The van der Waals surface area contributed by atoms with Gasteiger partial charge in [-0.25, -0.2) is 0 Å². The van der Waals surface area contributed by atoms with Gasteiger partial charge in [0, 0.05) is 24.0 Å². The number of methoxy groups -OCH3 is 2. The molecule has 172 valence electrons. The fourth-order valence-corrected chi connectivity index (χ4v) is 5.00. The third kappa shape index (κ3) is 4.72. The topological polar surface area (TPSA) is 77.1 Å². The van der Waals surface area contributed by atoms with Gasteiger partial charge in [-0.1, -0.05) is 30.3 Å². The van der Waals surface area contributed by atoms with E-state index in [9.17, 15) is 9.59 Å². The Labute approximate surface area is 196 Å². The van der Waals surface area contributed by atoms with Gasteiger partial charge in [0.1, 0.15) is 16.5 Å². The number of thiophene rings is 1. The molecular formula is C25H26N2O5S. The second kappa shape index (κ2) is 10.1. The van der Waals surface area contributed by atoms with Crippen molar-refractivity contribution < 1.29 is 23.8 Å². The van der Waals surface area contributed by atoms with Crippen molar-refractivity contribution in [3.8, 4) is 21.9 Å². The molecule has 2 amide bonds. The Bertz CT molecular complexity index is 1150. The summed E-state index contributed by atoms with van der Waals surface area (Å²) in [6.45, 7) is 3.98. The maximum atomic E-state index is 13.5. The number of hydrogen-bond donors (Lipinski definition) is 1. The molecule has 1 aromatic heterocycles. The summed E-state index contributed by atoms with van der Waals surface area (Å²) < 4.78 is 16.0. The summed E-state index contributed by atoms with van der Waals surface area (Å²) in [7, 11) is 3.05. The van der Waals surface area contributed by atoms with Crippen LogP contribution in [-0.4, -0.2) is 57.2 Å². The molecule has 1 aliphatic heterocycles. The largest absolute Gasteiger partial charge is 0.497 e. The van der Waals surface area contributed by atoms with E-state index in [1.165, 1.54) is 18.4 Å². The molecule has 3 aromatic rings. The Hall–Kier alpha value is -3.36. The second-order valence-electron chi connectivity index (χ2n) is 7.55. The lowest BCUT2D eigenvalue weighted by atomic mass is 10.1. The molecule has 2 heterocycles. The normalized spacial score (nSPS) is 13.5. The van der Waals surface area contributed by atoms with Gasteiger partial charge in [0.05, 0.1) is 38.6 Å². The van der Waals surface area contributed by atoms with Gasteiger partial charge in [0.25, 0.3) is 11.8 Å². The van der Waals surface area contributed by atoms with Crippen LogP contribution in [0.2, 0.25) is 0 Å². The van der Waals surface area contributed by atoms with Crippen LogP contribution in [0.15, 0.2) is 48.5 Å². The summed E-state index contributed by atoms with van der Waals surface area (Å²) >= 11 is 1.40. The molecular weight excluding hydrogens is 440 g/mol. The Morgan fingerprint density at radius 1 is 1.03 bits per heavy atom. The first-order valence-electron chi connectivity index (χ1n) is 10.6. The van der Waals surface area contributed by atoms with Crippen molar-refractivity contribution in [1.82, 2.24) is 4.90 Å². The highest BCUT2D eigenvalue weighted by Crippen LogP contribution is 2.41. The van der Waals surface area contributed by atoms with Gasteiger partial charge in [0.15, 0.2) is 0 Å². The molecule has 0 bridgehead atoms. The minimum Gasteiger partial charge on any atom is -0.497 e. The van der Waals surface area contributed by atoms with E-state index in [0.717, 1.165) is 16.0 Å². The number of carbonyl (C=O) groups excluding carboxylic acids is 2. The molecule has 33 heavy (non-hydrogen) atoms. The fourth-order valence-electron chi connectivity index (χ4n) is 3.81. The lowest BCUT2D eigenvalue weighted by Crippen LogP contribution is -2.41. The van der Waals surface area contributed by atoms with E-state index in [-0.39, 0.29) is 11.8 Å². The molecule has 0 radical (unpaired) electrons. The molecule has 8 heteroatoms. The van der Waals surface area contributed by atoms with Gasteiger partial charge < -0.3 is 24.4 Å². The van der Waals surface area contributed by atoms with Gasteiger partial charge in [-0.05, 0) is 30.2 Å². The zero-order chi connectivity index (χ0) is 23.4. The van der Waals surface area contributed by atoms with Gasteiger partial charge >= 0.3 is 0 Å². The predicted molar refractivity (Wildman–Crippen MR) is 129 cm³/mol. The van der Waals surface area contributed by atoms with Crippen molar-refractivity contribution in [2.75, 3.05) is 45.8 Å². The summed E-state index contributed by atoms with van der Waals surface area (Å²) in [5.74, 6) is 0.520. The third-order valence-corrected chi connectivity index (χ3v) is 6.83. The van der Waals surface area contributed by atoms with E-state index in [4.69, 9.17) is 14.2 Å². The van der Waals surface area contributed by atoms with E-state index in [2.05, 4.69) is 5.32 Å². The molecule has 1 N–H and O–H groups in total. The average molecular weight is 467 g/mol. The monoisotopic (exact) mass is 466 g/mol. The maximum absolute atomic E-state index is 13.5. The van der Waals surface area contributed by atoms with Crippen LogP contribution in [-0.2, 0) is 4.74 Å². The Kier molecular flexibility index (Phi) is 6.96. The Balaban J connectivity index is 1.73. The van der Waals surface area contributed by atoms with Crippen molar-refractivity contribution >= 4 is 28.2 Å². The van der Waals surface area contributed by atoms with Crippen LogP contribution in [0.4, 0.5) is 5.00 Å². The average Bonchev–Trinajstić information content (AvgIpc) is 3.19. The maximum Gasteiger partial charge on any atom is 0.260 e. The summed E-state index contributed by atoms with van der Waals surface area (Å²) in [6.07, 6.45) is 0. The standard InChI is InChI=1S/C25H26N2O5S/c1-16-21(25(29)27-11-13-32-14-12-27)24(33-22(16)17-7-5-4-6-8-17)26-23(28)19-10-9-18(30-2)15-20(19)31-3/h4-10,15H,11-14H2,1-3H3,(H,26,28). The number of rotatable bonds is 6. The molecule has 1 saturated heterocycles. The Morgan fingerprint density at radius 2 is 1.76 bits per heavy atom. The second-order valence-corrected chi connectivity index (χ2v) is 8.57. The number of hydrogen-bond acceptors (Lipinski definition) is 6. The fraction of sp³-hybridized carbons (Fsp3) is 0.280. The smallest absolute Gasteiger partial charge is 0.260 e. The molecule has 0 unspecified atom stereocenters. The number of anilines is 1. The van der Waals surface area contributed by atoms with E-state index in [1.807, 2.05) is 37.3 Å². The Morgan fingerprint density at radius 3 is 2.42 bits per heavy atom. The summed E-state index contributed by atoms with van der Waals surface area (Å²) in [6, 6.07) is 14.9. The number of ether oxygens (including phenoxy) is 3. The molecule has 1 fully saturated rings. The van der Waals surface area contributed by atoms with Crippen molar-refractivity contribution in [3.63, 3.8) is 0 Å². The first-order chi connectivity index (χ1) is 16.0. The lowest BCUT2D eigenvalue weighted by molar-refractivity contribution is 0.0303. The molecule has 0 saturated carbocycles. The van der Waals surface area contributed by atoms with Crippen LogP contribution in [0.25, 0.3) is 10.4 Å². The van der Waals surface area contributed by atoms with Crippen LogP contribution in [0.5, 0.6) is 11.5 Å². The number of benzene rings is 2. The highest BCUT2D eigenvalue weighted by atomic mass is 32.1. The molecule has 4 rings (SSSR count). The number of amides is 2. The van der Waals surface area contributed by atoms with Crippen molar-refractivity contribution in [2.24, 2.45) is 0 Å². The van der Waals surface area contributed by atoms with E-state index in [1.54, 1.807) is 30.2 Å². The predicted octanol–water partition coefficient (Wildman–Crippen LogP) is 4.47. The number of carbonyl (C=O) groups is 2. The molecule has 7 nitrogen and oxygen atoms in total. The molecule has 0 aliphatic carbocycles. The lowest BCUT2D eigenvalue weighted by Gasteiger charge is -2.27. The van der Waals surface area contributed by atoms with E-state index < -0.39 is 0 Å². The molecule has 0 atom stereocenters. The highest BCUT2D eigenvalue weighted by molar-refractivity contribution is 7.20. The first-order valence-corrected chi connectivity index (χ1v) is 11.4. The zero-order valence-electron chi connectivity index (χ0n) is 18.8. The quantitative estimate of drug-likeness (QED) is 0.580. The first kappa shape index (κ1) is 22.8. The van der Waals surface area contributed by atoms with Crippen LogP contribution >= 0.6 is 11.3 Å². The molecule has 1 aliphatic rings. The molecule has 2 aromatic carbocycles. The minimum atomic E-state index is -0.355. The zero-order valence-corrected chi connectivity index (χ0v) is 19.7. The van der Waals surface area contributed by atoms with Gasteiger partial charge in [0.2, 0.25) is 0 Å². The van der Waals surface area contributed by atoms with Crippen molar-refractivity contribution in [1.29, 1.82) is 0 Å². The van der Waals surface area contributed by atoms with Crippen LogP contribution < -0.4 is 14.8 Å². The number of nitrogens with one attached hydrogen (secondary N) is 1. The van der Waals surface area contributed by atoms with Gasteiger partial charge in [-0.3, -0.25) is 9.59 Å². The number of morpholine rings is 1. The van der Waals surface area contributed by atoms with Crippen molar-refractivity contribution in [2.45, 2.75) is 6.92 Å². The summed E-state index contributed by atoms with van der Waals surface area (Å²) in [4.78, 5) is 29.4. The van der Waals surface area contributed by atoms with E-state index >= 15 is 0 Å².